The molecule has 2 heterocycles. The predicted molar refractivity (Wildman–Crippen MR) is 131 cm³/mol. The first-order valence-corrected chi connectivity index (χ1v) is 11.9. The van der Waals surface area contributed by atoms with Crippen molar-refractivity contribution >= 4 is 23.4 Å². The molecule has 0 saturated carbocycles. The average molecular weight is 515 g/mol. The summed E-state index contributed by atoms with van der Waals surface area (Å²) in [5, 5.41) is 0. The van der Waals surface area contributed by atoms with Crippen LogP contribution in [0.3, 0.4) is 0 Å². The molecule has 1 aliphatic rings. The van der Waals surface area contributed by atoms with E-state index in [9.17, 15) is 18.4 Å². The number of carbonyl (C=O) groups is 1. The maximum absolute atomic E-state index is 13.6. The molecule has 1 atom stereocenters. The van der Waals surface area contributed by atoms with E-state index < -0.39 is 18.6 Å². The second-order valence-corrected chi connectivity index (χ2v) is 9.27. The van der Waals surface area contributed by atoms with Crippen molar-refractivity contribution in [3.05, 3.63) is 90.6 Å². The average Bonchev–Trinajstić information content (AvgIpc) is 3.13. The summed E-state index contributed by atoms with van der Waals surface area (Å²) >= 11 is 1.18. The van der Waals surface area contributed by atoms with Crippen LogP contribution in [0.4, 0.5) is 8.78 Å². The number of alkyl halides is 2. The first kappa shape index (κ1) is 25.3. The molecule has 7 nitrogen and oxygen atoms in total. The van der Waals surface area contributed by atoms with E-state index >= 15 is 0 Å². The lowest BCUT2D eigenvalue weighted by Gasteiger charge is -2.25. The van der Waals surface area contributed by atoms with Gasteiger partial charge in [-0.1, -0.05) is 35.6 Å². The molecule has 0 radical (unpaired) electrons. The number of methoxy groups -OCH3 is 1. The second kappa shape index (κ2) is 10.4. The van der Waals surface area contributed by atoms with Crippen LogP contribution in [0.1, 0.15) is 37.9 Å². The Balaban J connectivity index is 1.85. The molecule has 0 aliphatic carbocycles. The molecular weight excluding hydrogens is 490 g/mol. The zero-order valence-corrected chi connectivity index (χ0v) is 20.8. The molecule has 0 fully saturated rings. The van der Waals surface area contributed by atoms with Gasteiger partial charge in [0.2, 0.25) is 0 Å². The Morgan fingerprint density at radius 2 is 1.72 bits per heavy atom. The highest BCUT2D eigenvalue weighted by Crippen LogP contribution is 2.31. The van der Waals surface area contributed by atoms with E-state index in [1.54, 1.807) is 70.4 Å². The molecule has 188 valence electrons. The van der Waals surface area contributed by atoms with Gasteiger partial charge < -0.3 is 14.2 Å². The van der Waals surface area contributed by atoms with Crippen LogP contribution >= 0.6 is 11.3 Å². The Morgan fingerprint density at radius 1 is 1.08 bits per heavy atom. The van der Waals surface area contributed by atoms with Crippen molar-refractivity contribution in [1.82, 2.24) is 4.57 Å². The third-order valence-corrected chi connectivity index (χ3v) is 6.40. The van der Waals surface area contributed by atoms with Gasteiger partial charge in [-0.25, -0.2) is 9.79 Å². The quantitative estimate of drug-likeness (QED) is 0.449. The van der Waals surface area contributed by atoms with Gasteiger partial charge in [-0.2, -0.15) is 8.78 Å². The number of benzene rings is 2. The Morgan fingerprint density at radius 3 is 2.31 bits per heavy atom. The minimum absolute atomic E-state index is 0.0204. The predicted octanol–water partition coefficient (Wildman–Crippen LogP) is 3.80. The number of hydrogen-bond donors (Lipinski definition) is 0. The Hall–Kier alpha value is -3.79. The van der Waals surface area contributed by atoms with Crippen LogP contribution in [0.5, 0.6) is 11.5 Å². The van der Waals surface area contributed by atoms with Crippen LogP contribution in [-0.2, 0) is 9.53 Å². The van der Waals surface area contributed by atoms with Gasteiger partial charge in [0, 0.05) is 0 Å². The molecule has 10 heteroatoms. The Labute approximate surface area is 209 Å². The first-order valence-electron chi connectivity index (χ1n) is 11.1. The van der Waals surface area contributed by atoms with Crippen LogP contribution in [0.2, 0.25) is 0 Å². The number of esters is 1. The van der Waals surface area contributed by atoms with Crippen molar-refractivity contribution in [2.24, 2.45) is 4.99 Å². The van der Waals surface area contributed by atoms with Gasteiger partial charge in [-0.3, -0.25) is 9.36 Å². The highest BCUT2D eigenvalue weighted by atomic mass is 32.1. The highest BCUT2D eigenvalue weighted by Gasteiger charge is 2.33. The summed E-state index contributed by atoms with van der Waals surface area (Å²) in [4.78, 5) is 31.7. The van der Waals surface area contributed by atoms with Crippen molar-refractivity contribution < 1.29 is 27.8 Å². The first-order chi connectivity index (χ1) is 17.2. The lowest BCUT2D eigenvalue weighted by molar-refractivity contribution is -0.143. The SMILES string of the molecule is COc1ccc([C@@H]2C(C(=O)OC(C)C)=C(C)N=c3s/c(=C/c4ccc(OC(F)F)cc4)c(=O)n32)cc1. The standard InChI is InChI=1S/C26H24F2N2O5S/c1-14(2)34-24(32)21-15(3)29-26-30(22(21)17-7-11-18(33-4)12-8-17)23(31)20(36-26)13-16-5-9-19(10-6-16)35-25(27)28/h5-14,22,25H,1-4H3/b20-13+/t22-/m1/s1. The fourth-order valence-electron chi connectivity index (χ4n) is 3.86. The van der Waals surface area contributed by atoms with Crippen molar-refractivity contribution in [2.75, 3.05) is 7.11 Å². The molecule has 0 unspecified atom stereocenters. The maximum Gasteiger partial charge on any atom is 0.387 e. The second-order valence-electron chi connectivity index (χ2n) is 8.26. The molecule has 3 aromatic rings. The minimum Gasteiger partial charge on any atom is -0.497 e. The monoisotopic (exact) mass is 514 g/mol. The van der Waals surface area contributed by atoms with Crippen LogP contribution in [-0.4, -0.2) is 30.4 Å². The molecule has 0 saturated heterocycles. The van der Waals surface area contributed by atoms with Crippen molar-refractivity contribution in [3.8, 4) is 11.5 Å². The number of allylic oxidation sites excluding steroid dienone is 1. The lowest BCUT2D eigenvalue weighted by atomic mass is 9.96. The molecule has 36 heavy (non-hydrogen) atoms. The van der Waals surface area contributed by atoms with E-state index in [2.05, 4.69) is 9.73 Å². The fraction of sp³-hybridized carbons (Fsp3) is 0.269. The minimum atomic E-state index is -2.92. The number of rotatable bonds is 7. The normalized spacial score (nSPS) is 15.7. The largest absolute Gasteiger partial charge is 0.497 e. The van der Waals surface area contributed by atoms with Gasteiger partial charge in [0.15, 0.2) is 4.80 Å². The van der Waals surface area contributed by atoms with E-state index in [4.69, 9.17) is 9.47 Å². The number of carbonyl (C=O) groups excluding carboxylic acids is 1. The van der Waals surface area contributed by atoms with E-state index in [1.165, 1.54) is 28.0 Å². The number of fused-ring (bicyclic) bond motifs is 1. The van der Waals surface area contributed by atoms with Gasteiger partial charge in [0.25, 0.3) is 5.56 Å². The van der Waals surface area contributed by atoms with E-state index in [-0.39, 0.29) is 23.0 Å². The number of hydrogen-bond acceptors (Lipinski definition) is 7. The zero-order valence-electron chi connectivity index (χ0n) is 20.0. The molecule has 0 amide bonds. The van der Waals surface area contributed by atoms with E-state index in [0.717, 1.165) is 0 Å². The zero-order chi connectivity index (χ0) is 26.0. The molecule has 0 bridgehead atoms. The van der Waals surface area contributed by atoms with Crippen LogP contribution in [0, 0.1) is 0 Å². The summed E-state index contributed by atoms with van der Waals surface area (Å²) in [5.41, 5.74) is 1.72. The third-order valence-electron chi connectivity index (χ3n) is 5.42. The topological polar surface area (TPSA) is 79.1 Å². The van der Waals surface area contributed by atoms with Gasteiger partial charge in [0.1, 0.15) is 11.5 Å². The van der Waals surface area contributed by atoms with E-state index in [0.29, 0.717) is 31.9 Å². The van der Waals surface area contributed by atoms with Gasteiger partial charge in [-0.15, -0.1) is 0 Å². The number of halogens is 2. The summed E-state index contributed by atoms with van der Waals surface area (Å²) in [7, 11) is 1.56. The number of aromatic nitrogens is 1. The summed E-state index contributed by atoms with van der Waals surface area (Å²) < 4.78 is 41.8. The molecule has 2 aromatic carbocycles. The van der Waals surface area contributed by atoms with E-state index in [1.807, 2.05) is 0 Å². The Kier molecular flexibility index (Phi) is 7.35. The number of ether oxygens (including phenoxy) is 3. The third kappa shape index (κ3) is 5.23. The molecule has 0 N–H and O–H groups in total. The van der Waals surface area contributed by atoms with Crippen molar-refractivity contribution in [1.29, 1.82) is 0 Å². The van der Waals surface area contributed by atoms with Gasteiger partial charge in [-0.05, 0) is 62.2 Å². The summed E-state index contributed by atoms with van der Waals surface area (Å²) in [6.07, 6.45) is 1.29. The molecule has 1 aromatic heterocycles. The molecule has 4 rings (SSSR count). The molecule has 1 aliphatic heterocycles. The van der Waals surface area contributed by atoms with Crippen LogP contribution < -0.4 is 24.4 Å². The lowest BCUT2D eigenvalue weighted by Crippen LogP contribution is -2.40. The molecular formula is C26H24F2N2O5S. The van der Waals surface area contributed by atoms with Crippen LogP contribution in [0.25, 0.3) is 6.08 Å². The number of thiazole rings is 1. The van der Waals surface area contributed by atoms with Gasteiger partial charge >= 0.3 is 12.6 Å². The number of nitrogens with zero attached hydrogens (tertiary/aromatic N) is 2. The fourth-order valence-corrected chi connectivity index (χ4v) is 4.91. The highest BCUT2D eigenvalue weighted by molar-refractivity contribution is 7.07. The smallest absolute Gasteiger partial charge is 0.387 e. The summed E-state index contributed by atoms with van der Waals surface area (Å²) in [5.74, 6) is 0.112. The van der Waals surface area contributed by atoms with Crippen molar-refractivity contribution in [2.45, 2.75) is 39.5 Å². The summed E-state index contributed by atoms with van der Waals surface area (Å²) in [6.45, 7) is 2.30. The molecule has 0 spiro atoms. The van der Waals surface area contributed by atoms with Gasteiger partial charge in [0.05, 0.1) is 35.1 Å². The van der Waals surface area contributed by atoms with Crippen molar-refractivity contribution in [3.63, 3.8) is 0 Å². The Bertz CT molecular complexity index is 1470. The summed E-state index contributed by atoms with van der Waals surface area (Å²) in [6, 6.07) is 12.3. The maximum atomic E-state index is 13.6. The van der Waals surface area contributed by atoms with Crippen LogP contribution in [0.15, 0.2) is 69.6 Å².